The van der Waals surface area contributed by atoms with Crippen LogP contribution in [-0.2, 0) is 9.59 Å². The van der Waals surface area contributed by atoms with Gasteiger partial charge in [0.05, 0.1) is 12.2 Å². The predicted molar refractivity (Wildman–Crippen MR) is 117 cm³/mol. The van der Waals surface area contributed by atoms with E-state index < -0.39 is 0 Å². The number of likely N-dealkylation sites (N-methyl/N-ethyl adjacent to an activating group) is 1. The Morgan fingerprint density at radius 1 is 1.03 bits per heavy atom. The van der Waals surface area contributed by atoms with Crippen LogP contribution < -0.4 is 20.3 Å². The van der Waals surface area contributed by atoms with E-state index in [-0.39, 0.29) is 25.0 Å². The van der Waals surface area contributed by atoms with E-state index in [0.717, 1.165) is 18.5 Å². The molecular weight excluding hydrogens is 366 g/mol. The smallest absolute Gasteiger partial charge is 0.264 e. The number of nitrogens with zero attached hydrogens (tertiary/aromatic N) is 2. The van der Waals surface area contributed by atoms with Crippen molar-refractivity contribution in [3.05, 3.63) is 54.6 Å². The van der Waals surface area contributed by atoms with Crippen LogP contribution in [-0.4, -0.2) is 38.6 Å². The van der Waals surface area contributed by atoms with E-state index in [1.165, 1.54) is 0 Å². The first-order valence-corrected chi connectivity index (χ1v) is 10.0. The van der Waals surface area contributed by atoms with Gasteiger partial charge in [-0.1, -0.05) is 50.6 Å². The monoisotopic (exact) mass is 397 g/mol. The Morgan fingerprint density at radius 3 is 2.34 bits per heavy atom. The van der Waals surface area contributed by atoms with Crippen LogP contribution in [0.15, 0.2) is 54.6 Å². The number of benzene rings is 2. The van der Waals surface area contributed by atoms with Gasteiger partial charge in [-0.2, -0.15) is 0 Å². The number of amides is 2. The highest BCUT2D eigenvalue weighted by molar-refractivity contribution is 5.96. The standard InChI is InChI=1S/C23H31N3O3/c1-4-18(2)14-15-26(22(27)16-24)20-12-8-9-13-21(20)29-17-23(28)25(3)19-10-6-5-7-11-19/h5-13,18H,4,14-17,24H2,1-3H3. The second-order valence-electron chi connectivity index (χ2n) is 7.10. The number of ether oxygens (including phenoxy) is 1. The fourth-order valence-electron chi connectivity index (χ4n) is 2.88. The maximum Gasteiger partial charge on any atom is 0.264 e. The molecule has 0 bridgehead atoms. The van der Waals surface area contributed by atoms with Gasteiger partial charge in [0.2, 0.25) is 5.91 Å². The summed E-state index contributed by atoms with van der Waals surface area (Å²) in [4.78, 5) is 28.2. The molecule has 0 heterocycles. The Kier molecular flexibility index (Phi) is 8.68. The van der Waals surface area contributed by atoms with Gasteiger partial charge in [-0.05, 0) is 36.6 Å². The predicted octanol–water partition coefficient (Wildman–Crippen LogP) is 3.46. The molecule has 2 rings (SSSR count). The summed E-state index contributed by atoms with van der Waals surface area (Å²) >= 11 is 0. The van der Waals surface area contributed by atoms with Crippen LogP contribution in [0, 0.1) is 5.92 Å². The third-order valence-corrected chi connectivity index (χ3v) is 5.04. The second-order valence-corrected chi connectivity index (χ2v) is 7.10. The van der Waals surface area contributed by atoms with Crippen molar-refractivity contribution in [2.75, 3.05) is 36.5 Å². The van der Waals surface area contributed by atoms with Crippen LogP contribution in [0.3, 0.4) is 0 Å². The van der Waals surface area contributed by atoms with E-state index in [1.807, 2.05) is 48.5 Å². The lowest BCUT2D eigenvalue weighted by Crippen LogP contribution is -2.38. The lowest BCUT2D eigenvalue weighted by molar-refractivity contribution is -0.120. The summed E-state index contributed by atoms with van der Waals surface area (Å²) in [5.74, 6) is 0.643. The third kappa shape index (κ3) is 6.32. The average Bonchev–Trinajstić information content (AvgIpc) is 2.77. The number of rotatable bonds is 10. The Hall–Kier alpha value is -2.86. The maximum atomic E-state index is 12.5. The maximum absolute atomic E-state index is 12.5. The van der Waals surface area contributed by atoms with Crippen molar-refractivity contribution in [3.8, 4) is 5.75 Å². The molecule has 156 valence electrons. The minimum atomic E-state index is -0.178. The lowest BCUT2D eigenvalue weighted by Gasteiger charge is -2.26. The summed E-state index contributed by atoms with van der Waals surface area (Å²) in [6.45, 7) is 4.64. The van der Waals surface area contributed by atoms with E-state index in [9.17, 15) is 9.59 Å². The van der Waals surface area contributed by atoms with Crippen molar-refractivity contribution in [2.45, 2.75) is 26.7 Å². The van der Waals surface area contributed by atoms with Crippen molar-refractivity contribution < 1.29 is 14.3 Å². The topological polar surface area (TPSA) is 75.9 Å². The SMILES string of the molecule is CCC(C)CCN(C(=O)CN)c1ccccc1OCC(=O)N(C)c1ccccc1. The molecule has 6 nitrogen and oxygen atoms in total. The largest absolute Gasteiger partial charge is 0.482 e. The first kappa shape index (κ1) is 22.4. The summed E-state index contributed by atoms with van der Waals surface area (Å²) in [6.07, 6.45) is 1.91. The number of anilines is 2. The molecule has 0 fully saturated rings. The third-order valence-electron chi connectivity index (χ3n) is 5.04. The number of nitrogens with two attached hydrogens (primary N) is 1. The van der Waals surface area contributed by atoms with Crippen molar-refractivity contribution >= 4 is 23.2 Å². The van der Waals surface area contributed by atoms with Crippen LogP contribution in [0.4, 0.5) is 11.4 Å². The summed E-state index contributed by atoms with van der Waals surface area (Å²) in [6, 6.07) is 16.6. The van der Waals surface area contributed by atoms with Gasteiger partial charge in [0.15, 0.2) is 6.61 Å². The number of carbonyl (C=O) groups excluding carboxylic acids is 2. The van der Waals surface area contributed by atoms with Crippen LogP contribution in [0.2, 0.25) is 0 Å². The Morgan fingerprint density at radius 2 is 1.69 bits per heavy atom. The Balaban J connectivity index is 2.13. The van der Waals surface area contributed by atoms with E-state index in [2.05, 4.69) is 13.8 Å². The molecule has 0 radical (unpaired) electrons. The van der Waals surface area contributed by atoms with Crippen molar-refractivity contribution in [1.82, 2.24) is 0 Å². The van der Waals surface area contributed by atoms with Crippen LogP contribution in [0.25, 0.3) is 0 Å². The van der Waals surface area contributed by atoms with Gasteiger partial charge in [0.1, 0.15) is 5.75 Å². The highest BCUT2D eigenvalue weighted by Gasteiger charge is 2.20. The average molecular weight is 398 g/mol. The fourth-order valence-corrected chi connectivity index (χ4v) is 2.88. The normalized spacial score (nSPS) is 11.6. The lowest BCUT2D eigenvalue weighted by atomic mass is 10.0. The van der Waals surface area contributed by atoms with Crippen molar-refractivity contribution in [2.24, 2.45) is 11.7 Å². The summed E-state index contributed by atoms with van der Waals surface area (Å²) < 4.78 is 5.82. The molecule has 29 heavy (non-hydrogen) atoms. The molecule has 6 heteroatoms. The molecule has 2 amide bonds. The van der Waals surface area contributed by atoms with Gasteiger partial charge >= 0.3 is 0 Å². The summed E-state index contributed by atoms with van der Waals surface area (Å²) in [5.41, 5.74) is 7.07. The Labute approximate surface area is 173 Å². The van der Waals surface area contributed by atoms with Gasteiger partial charge in [-0.25, -0.2) is 0 Å². The number of para-hydroxylation sites is 3. The van der Waals surface area contributed by atoms with E-state index in [1.54, 1.807) is 22.9 Å². The number of hydrogen-bond acceptors (Lipinski definition) is 4. The molecule has 0 aromatic heterocycles. The molecule has 1 unspecified atom stereocenters. The van der Waals surface area contributed by atoms with E-state index in [0.29, 0.717) is 23.9 Å². The van der Waals surface area contributed by atoms with Gasteiger partial charge < -0.3 is 20.3 Å². The van der Waals surface area contributed by atoms with Gasteiger partial charge in [-0.15, -0.1) is 0 Å². The van der Waals surface area contributed by atoms with E-state index >= 15 is 0 Å². The molecule has 0 aliphatic carbocycles. The van der Waals surface area contributed by atoms with Gasteiger partial charge in [-0.3, -0.25) is 9.59 Å². The highest BCUT2D eigenvalue weighted by atomic mass is 16.5. The van der Waals surface area contributed by atoms with Gasteiger partial charge in [0, 0.05) is 19.3 Å². The summed E-state index contributed by atoms with van der Waals surface area (Å²) in [5, 5.41) is 0. The zero-order valence-electron chi connectivity index (χ0n) is 17.5. The van der Waals surface area contributed by atoms with Crippen LogP contribution in [0.1, 0.15) is 26.7 Å². The quantitative estimate of drug-likeness (QED) is 0.666. The van der Waals surface area contributed by atoms with Crippen LogP contribution >= 0.6 is 0 Å². The first-order chi connectivity index (χ1) is 14.0. The molecule has 2 N–H and O–H groups in total. The highest BCUT2D eigenvalue weighted by Crippen LogP contribution is 2.29. The molecule has 0 aliphatic heterocycles. The molecule has 1 atom stereocenters. The van der Waals surface area contributed by atoms with Crippen LogP contribution in [0.5, 0.6) is 5.75 Å². The molecular formula is C23H31N3O3. The first-order valence-electron chi connectivity index (χ1n) is 10.0. The molecule has 0 saturated heterocycles. The molecule has 2 aromatic carbocycles. The second kappa shape index (κ2) is 11.2. The van der Waals surface area contributed by atoms with Crippen molar-refractivity contribution in [1.29, 1.82) is 0 Å². The van der Waals surface area contributed by atoms with E-state index in [4.69, 9.17) is 10.5 Å². The number of carbonyl (C=O) groups is 2. The van der Waals surface area contributed by atoms with Gasteiger partial charge in [0.25, 0.3) is 5.91 Å². The molecule has 2 aromatic rings. The zero-order chi connectivity index (χ0) is 21.2. The fraction of sp³-hybridized carbons (Fsp3) is 0.391. The Bertz CT molecular complexity index is 795. The molecule has 0 spiro atoms. The minimum Gasteiger partial charge on any atom is -0.482 e. The molecule has 0 aliphatic rings. The van der Waals surface area contributed by atoms with Crippen molar-refractivity contribution in [3.63, 3.8) is 0 Å². The minimum absolute atomic E-state index is 0.0789. The summed E-state index contributed by atoms with van der Waals surface area (Å²) in [7, 11) is 1.71. The number of hydrogen-bond donors (Lipinski definition) is 1. The zero-order valence-corrected chi connectivity index (χ0v) is 17.5. The molecule has 0 saturated carbocycles.